The fourth-order valence-corrected chi connectivity index (χ4v) is 3.90. The number of aromatic nitrogens is 2. The summed E-state index contributed by atoms with van der Waals surface area (Å²) in [5.41, 5.74) is 0.558. The maximum Gasteiger partial charge on any atom is 0.257 e. The number of nitrogens with zero attached hydrogens (tertiary/aromatic N) is 3. The maximum atomic E-state index is 12.7. The van der Waals surface area contributed by atoms with Crippen molar-refractivity contribution in [1.82, 2.24) is 14.9 Å². The third kappa shape index (κ3) is 3.10. The van der Waals surface area contributed by atoms with Crippen molar-refractivity contribution in [3.05, 3.63) is 23.8 Å². The largest absolute Gasteiger partial charge is 0.389 e. The predicted molar refractivity (Wildman–Crippen MR) is 84.9 cm³/mol. The summed E-state index contributed by atoms with van der Waals surface area (Å²) in [5, 5.41) is 11.2. The minimum atomic E-state index is -0.692. The molecule has 0 spiro atoms. The third-order valence-electron chi connectivity index (χ3n) is 5.49. The number of carbonyl (C=O) groups is 1. The number of likely N-dealkylation sites (tertiary alicyclic amines) is 1. The number of rotatable bonds is 2. The van der Waals surface area contributed by atoms with Gasteiger partial charge in [0.05, 0.1) is 16.9 Å². The van der Waals surface area contributed by atoms with Gasteiger partial charge in [0.15, 0.2) is 0 Å². The molecule has 23 heavy (non-hydrogen) atoms. The van der Waals surface area contributed by atoms with E-state index in [0.29, 0.717) is 30.8 Å². The highest BCUT2D eigenvalue weighted by atomic mass is 16.5. The Labute approximate surface area is 136 Å². The Morgan fingerprint density at radius 2 is 2.17 bits per heavy atom. The van der Waals surface area contributed by atoms with Gasteiger partial charge in [-0.25, -0.2) is 9.97 Å². The number of piperidine rings is 1. The zero-order valence-electron chi connectivity index (χ0n) is 13.9. The van der Waals surface area contributed by atoms with E-state index in [0.717, 1.165) is 26.1 Å². The first-order valence-electron chi connectivity index (χ1n) is 8.38. The number of amides is 1. The van der Waals surface area contributed by atoms with E-state index in [1.807, 2.05) is 18.7 Å². The zero-order chi connectivity index (χ0) is 16.4. The Balaban J connectivity index is 1.71. The minimum absolute atomic E-state index is 0.0380. The van der Waals surface area contributed by atoms with Crippen LogP contribution in [0.15, 0.2) is 12.5 Å². The van der Waals surface area contributed by atoms with Crippen LogP contribution in [0.4, 0.5) is 0 Å². The molecule has 0 bridgehead atoms. The second-order valence-corrected chi connectivity index (χ2v) is 6.80. The third-order valence-corrected chi connectivity index (χ3v) is 5.49. The summed E-state index contributed by atoms with van der Waals surface area (Å²) in [6, 6.07) is 0. The zero-order valence-corrected chi connectivity index (χ0v) is 13.9. The lowest BCUT2D eigenvalue weighted by Gasteiger charge is -2.48. The molecule has 2 atom stereocenters. The van der Waals surface area contributed by atoms with E-state index in [9.17, 15) is 9.90 Å². The number of hydrogen-bond donors (Lipinski definition) is 1. The van der Waals surface area contributed by atoms with Gasteiger partial charge < -0.3 is 14.7 Å². The highest BCUT2D eigenvalue weighted by Gasteiger charge is 2.46. The molecule has 1 amide bonds. The average Bonchev–Trinajstić information content (AvgIpc) is 2.58. The summed E-state index contributed by atoms with van der Waals surface area (Å²) in [4.78, 5) is 22.6. The summed E-state index contributed by atoms with van der Waals surface area (Å²) in [6.45, 7) is 6.46. The van der Waals surface area contributed by atoms with Gasteiger partial charge in [0.2, 0.25) is 0 Å². The van der Waals surface area contributed by atoms with E-state index in [1.54, 1.807) is 6.20 Å². The number of aliphatic hydroxyl groups is 1. The molecule has 1 aromatic heterocycles. The first kappa shape index (κ1) is 16.3. The van der Waals surface area contributed by atoms with Crippen LogP contribution in [0.5, 0.6) is 0 Å². The van der Waals surface area contributed by atoms with E-state index in [-0.39, 0.29) is 17.7 Å². The first-order chi connectivity index (χ1) is 11.0. The van der Waals surface area contributed by atoms with Gasteiger partial charge in [-0.2, -0.15) is 0 Å². The van der Waals surface area contributed by atoms with Crippen LogP contribution < -0.4 is 0 Å². The molecule has 1 N–H and O–H groups in total. The molecule has 2 aliphatic heterocycles. The van der Waals surface area contributed by atoms with Gasteiger partial charge in [0.1, 0.15) is 6.33 Å². The summed E-state index contributed by atoms with van der Waals surface area (Å²) >= 11 is 0. The van der Waals surface area contributed by atoms with Crippen LogP contribution in [-0.2, 0) is 4.74 Å². The predicted octanol–water partition coefficient (Wildman–Crippen LogP) is 1.42. The van der Waals surface area contributed by atoms with Gasteiger partial charge in [0, 0.05) is 38.4 Å². The van der Waals surface area contributed by atoms with Crippen LogP contribution in [0.1, 0.15) is 42.2 Å². The fourth-order valence-electron chi connectivity index (χ4n) is 3.90. The van der Waals surface area contributed by atoms with Crippen molar-refractivity contribution in [2.75, 3.05) is 26.3 Å². The van der Waals surface area contributed by atoms with Gasteiger partial charge in [0.25, 0.3) is 5.91 Å². The molecule has 126 valence electrons. The lowest BCUT2D eigenvalue weighted by Crippen LogP contribution is -2.57. The molecule has 1 aromatic rings. The molecule has 0 radical (unpaired) electrons. The molecule has 0 aromatic carbocycles. The van der Waals surface area contributed by atoms with Crippen molar-refractivity contribution in [2.24, 2.45) is 11.8 Å². The Hall–Kier alpha value is -1.53. The van der Waals surface area contributed by atoms with Gasteiger partial charge in [-0.05, 0) is 32.1 Å². The molecule has 3 rings (SSSR count). The van der Waals surface area contributed by atoms with Crippen LogP contribution in [-0.4, -0.2) is 57.8 Å². The van der Waals surface area contributed by atoms with Crippen LogP contribution >= 0.6 is 0 Å². The molecule has 6 nitrogen and oxygen atoms in total. The van der Waals surface area contributed by atoms with E-state index in [2.05, 4.69) is 9.97 Å². The number of carbonyl (C=O) groups excluding carboxylic acids is 1. The van der Waals surface area contributed by atoms with Crippen molar-refractivity contribution in [2.45, 2.75) is 38.7 Å². The monoisotopic (exact) mass is 319 g/mol. The smallest absolute Gasteiger partial charge is 0.257 e. The Bertz CT molecular complexity index is 574. The van der Waals surface area contributed by atoms with Crippen molar-refractivity contribution >= 4 is 5.91 Å². The van der Waals surface area contributed by atoms with Gasteiger partial charge in [-0.15, -0.1) is 0 Å². The van der Waals surface area contributed by atoms with Crippen LogP contribution in [0, 0.1) is 18.8 Å². The molecular formula is C17H25N3O3. The highest BCUT2D eigenvalue weighted by molar-refractivity contribution is 5.95. The normalized spacial score (nSPS) is 29.5. The van der Waals surface area contributed by atoms with Gasteiger partial charge in [-0.1, -0.05) is 6.92 Å². The standard InChI is InChI=1S/C17H25N3O3/c1-12-10-20(16(21)15-9-18-11-19-13(15)2)6-5-17(12,22)14-3-7-23-8-4-14/h9,11-12,14,22H,3-8,10H2,1-2H3/t12-,17+/m1/s1. The van der Waals surface area contributed by atoms with E-state index in [4.69, 9.17) is 4.74 Å². The van der Waals surface area contributed by atoms with E-state index in [1.165, 1.54) is 6.33 Å². The SMILES string of the molecule is Cc1ncncc1C(=O)N1CC[C@@](O)(C2CCOCC2)[C@H](C)C1. The minimum Gasteiger partial charge on any atom is -0.389 e. The molecule has 0 saturated carbocycles. The van der Waals surface area contributed by atoms with Crippen molar-refractivity contribution in [3.63, 3.8) is 0 Å². The number of hydrogen-bond acceptors (Lipinski definition) is 5. The topological polar surface area (TPSA) is 75.6 Å². The molecule has 0 unspecified atom stereocenters. The Morgan fingerprint density at radius 1 is 1.43 bits per heavy atom. The fraction of sp³-hybridized carbons (Fsp3) is 0.706. The molecule has 3 heterocycles. The first-order valence-corrected chi connectivity index (χ1v) is 8.38. The van der Waals surface area contributed by atoms with Gasteiger partial charge >= 0.3 is 0 Å². The Morgan fingerprint density at radius 3 is 2.83 bits per heavy atom. The maximum absolute atomic E-state index is 12.7. The van der Waals surface area contributed by atoms with E-state index < -0.39 is 5.60 Å². The summed E-state index contributed by atoms with van der Waals surface area (Å²) in [5.74, 6) is 0.280. The highest BCUT2D eigenvalue weighted by Crippen LogP contribution is 2.39. The average molecular weight is 319 g/mol. The summed E-state index contributed by atoms with van der Waals surface area (Å²) in [6.07, 6.45) is 5.46. The summed E-state index contributed by atoms with van der Waals surface area (Å²) < 4.78 is 5.41. The van der Waals surface area contributed by atoms with Crippen LogP contribution in [0.2, 0.25) is 0 Å². The summed E-state index contributed by atoms with van der Waals surface area (Å²) in [7, 11) is 0. The molecule has 0 aliphatic carbocycles. The lowest BCUT2D eigenvalue weighted by atomic mass is 9.70. The molecule has 2 aliphatic rings. The number of ether oxygens (including phenoxy) is 1. The Kier molecular flexibility index (Phi) is 4.64. The molecule has 6 heteroatoms. The lowest BCUT2D eigenvalue weighted by molar-refractivity contribution is -0.125. The quantitative estimate of drug-likeness (QED) is 0.892. The van der Waals surface area contributed by atoms with Crippen LogP contribution in [0.3, 0.4) is 0 Å². The van der Waals surface area contributed by atoms with E-state index >= 15 is 0 Å². The molecular weight excluding hydrogens is 294 g/mol. The van der Waals surface area contributed by atoms with Crippen LogP contribution in [0.25, 0.3) is 0 Å². The van der Waals surface area contributed by atoms with Crippen molar-refractivity contribution in [3.8, 4) is 0 Å². The second kappa shape index (κ2) is 6.53. The number of aryl methyl sites for hydroxylation is 1. The van der Waals surface area contributed by atoms with Gasteiger partial charge in [-0.3, -0.25) is 4.79 Å². The molecule has 2 saturated heterocycles. The van der Waals surface area contributed by atoms with Crippen molar-refractivity contribution in [1.29, 1.82) is 0 Å². The second-order valence-electron chi connectivity index (χ2n) is 6.80. The molecule has 2 fully saturated rings. The van der Waals surface area contributed by atoms with Crippen molar-refractivity contribution < 1.29 is 14.6 Å².